The third kappa shape index (κ3) is 2.50. The molecule has 12 atom stereocenters. The highest BCUT2D eigenvalue weighted by molar-refractivity contribution is 5.36. The molecule has 4 nitrogen and oxygen atoms in total. The lowest BCUT2D eigenvalue weighted by Gasteiger charge is -2.69. The fourth-order valence-corrected chi connectivity index (χ4v) is 11.7. The first kappa shape index (κ1) is 23.9. The Labute approximate surface area is 206 Å². The van der Waals surface area contributed by atoms with Crippen LogP contribution in [0.2, 0.25) is 0 Å². The highest BCUT2D eigenvalue weighted by atomic mass is 16.5. The average Bonchev–Trinajstić information content (AvgIpc) is 3.30. The number of aliphatic hydroxyl groups excluding tert-OH is 3. The van der Waals surface area contributed by atoms with Crippen LogP contribution in [0.3, 0.4) is 0 Å². The third-order valence-corrected chi connectivity index (χ3v) is 13.4. The molecule has 0 radical (unpaired) electrons. The normalized spacial score (nSPS) is 59.7. The summed E-state index contributed by atoms with van der Waals surface area (Å²) in [5, 5.41) is 33.7. The Morgan fingerprint density at radius 1 is 0.941 bits per heavy atom. The van der Waals surface area contributed by atoms with E-state index in [1.807, 2.05) is 0 Å². The summed E-state index contributed by atoms with van der Waals surface area (Å²) in [5.74, 6) is 2.29. The van der Waals surface area contributed by atoms with Crippen molar-refractivity contribution in [1.82, 2.24) is 0 Å². The van der Waals surface area contributed by atoms with Crippen LogP contribution in [0, 0.1) is 56.7 Å². The molecule has 0 aromatic carbocycles. The van der Waals surface area contributed by atoms with Crippen molar-refractivity contribution in [3.05, 3.63) is 11.6 Å². The predicted molar refractivity (Wildman–Crippen MR) is 133 cm³/mol. The van der Waals surface area contributed by atoms with Gasteiger partial charge in [-0.3, -0.25) is 0 Å². The fraction of sp³-hybridized carbons (Fsp3) is 0.933. The molecule has 192 valence electrons. The number of allylic oxidation sites excluding steroid dienone is 1. The predicted octanol–water partition coefficient (Wildman–Crippen LogP) is 4.96. The molecule has 1 aliphatic heterocycles. The molecule has 34 heavy (non-hydrogen) atoms. The van der Waals surface area contributed by atoms with Gasteiger partial charge in [-0.15, -0.1) is 0 Å². The van der Waals surface area contributed by atoms with Gasteiger partial charge in [0.2, 0.25) is 0 Å². The summed E-state index contributed by atoms with van der Waals surface area (Å²) in [6.45, 7) is 17.3. The molecular formula is C30H48O4. The molecule has 0 aromatic rings. The molecule has 1 saturated heterocycles. The molecule has 3 unspecified atom stereocenters. The van der Waals surface area contributed by atoms with E-state index in [0.717, 1.165) is 25.4 Å². The van der Waals surface area contributed by atoms with Gasteiger partial charge in [-0.25, -0.2) is 0 Å². The van der Waals surface area contributed by atoms with E-state index in [9.17, 15) is 15.3 Å². The highest BCUT2D eigenvalue weighted by Crippen LogP contribution is 2.78. The SMILES string of the molecule is CC(C)[C@@H]1CC2OC[C@]13CC[C@@]1(C)[C@H]4C(=CC[C@]1(C)C23)[C@@]1(C)C[C@@H](O)[C@H](O)C(C)(C)C1C[C@@H]4O. The minimum Gasteiger partial charge on any atom is -0.392 e. The van der Waals surface area contributed by atoms with E-state index in [0.29, 0.717) is 36.2 Å². The van der Waals surface area contributed by atoms with E-state index in [2.05, 4.69) is 54.5 Å². The zero-order valence-corrected chi connectivity index (χ0v) is 22.5. The zero-order valence-electron chi connectivity index (χ0n) is 22.5. The summed E-state index contributed by atoms with van der Waals surface area (Å²) >= 11 is 0. The van der Waals surface area contributed by atoms with Gasteiger partial charge in [-0.05, 0) is 83.9 Å². The van der Waals surface area contributed by atoms with E-state index in [-0.39, 0.29) is 28.1 Å². The third-order valence-electron chi connectivity index (χ3n) is 13.4. The summed E-state index contributed by atoms with van der Waals surface area (Å²) in [7, 11) is 0. The molecule has 0 spiro atoms. The summed E-state index contributed by atoms with van der Waals surface area (Å²) in [6, 6.07) is 0. The molecule has 2 bridgehead atoms. The number of rotatable bonds is 1. The van der Waals surface area contributed by atoms with Crippen molar-refractivity contribution in [1.29, 1.82) is 0 Å². The Morgan fingerprint density at radius 3 is 2.32 bits per heavy atom. The summed E-state index contributed by atoms with van der Waals surface area (Å²) in [4.78, 5) is 0. The van der Waals surface area contributed by atoms with Gasteiger partial charge >= 0.3 is 0 Å². The second-order valence-electron chi connectivity index (χ2n) is 15.1. The quantitative estimate of drug-likeness (QED) is 0.472. The van der Waals surface area contributed by atoms with Gasteiger partial charge in [0.1, 0.15) is 0 Å². The molecule has 6 aliphatic rings. The van der Waals surface area contributed by atoms with Crippen LogP contribution >= 0.6 is 0 Å². The minimum absolute atomic E-state index is 0.0155. The van der Waals surface area contributed by atoms with Gasteiger partial charge in [-0.1, -0.05) is 60.1 Å². The van der Waals surface area contributed by atoms with E-state index in [1.54, 1.807) is 0 Å². The van der Waals surface area contributed by atoms with Crippen molar-refractivity contribution in [3.63, 3.8) is 0 Å². The van der Waals surface area contributed by atoms with E-state index in [4.69, 9.17) is 4.74 Å². The van der Waals surface area contributed by atoms with Crippen molar-refractivity contribution in [3.8, 4) is 0 Å². The molecule has 5 aliphatic carbocycles. The Bertz CT molecular complexity index is 909. The van der Waals surface area contributed by atoms with Crippen molar-refractivity contribution in [2.45, 2.75) is 111 Å². The smallest absolute Gasteiger partial charge is 0.0853 e. The molecule has 3 N–H and O–H groups in total. The minimum atomic E-state index is -0.742. The Hall–Kier alpha value is -0.420. The molecule has 5 fully saturated rings. The Kier molecular flexibility index (Phi) is 4.87. The van der Waals surface area contributed by atoms with Crippen LogP contribution in [0.15, 0.2) is 11.6 Å². The maximum absolute atomic E-state index is 11.9. The summed E-state index contributed by atoms with van der Waals surface area (Å²) in [5.41, 5.74) is 1.20. The lowest BCUT2D eigenvalue weighted by molar-refractivity contribution is -0.207. The van der Waals surface area contributed by atoms with Gasteiger partial charge in [0.05, 0.1) is 31.0 Å². The zero-order chi connectivity index (χ0) is 24.6. The van der Waals surface area contributed by atoms with Gasteiger partial charge in [0, 0.05) is 11.3 Å². The van der Waals surface area contributed by atoms with Crippen LogP contribution < -0.4 is 0 Å². The maximum atomic E-state index is 11.9. The first-order valence-electron chi connectivity index (χ1n) is 14.1. The van der Waals surface area contributed by atoms with Crippen LogP contribution in [0.5, 0.6) is 0 Å². The van der Waals surface area contributed by atoms with Crippen LogP contribution in [0.1, 0.15) is 87.0 Å². The van der Waals surface area contributed by atoms with Gasteiger partial charge < -0.3 is 20.1 Å². The van der Waals surface area contributed by atoms with Gasteiger partial charge in [0.15, 0.2) is 0 Å². The first-order chi connectivity index (χ1) is 15.7. The summed E-state index contributed by atoms with van der Waals surface area (Å²) < 4.78 is 6.51. The Balaban J connectivity index is 1.46. The van der Waals surface area contributed by atoms with Crippen molar-refractivity contribution in [2.24, 2.45) is 56.7 Å². The van der Waals surface area contributed by atoms with Crippen LogP contribution in [0.4, 0.5) is 0 Å². The lowest BCUT2D eigenvalue weighted by Crippen LogP contribution is -2.67. The second-order valence-corrected chi connectivity index (χ2v) is 15.1. The number of ether oxygens (including phenoxy) is 1. The summed E-state index contributed by atoms with van der Waals surface area (Å²) in [6.07, 6.45) is 6.93. The van der Waals surface area contributed by atoms with E-state index < -0.39 is 23.7 Å². The second kappa shape index (κ2) is 6.91. The van der Waals surface area contributed by atoms with Crippen LogP contribution in [0.25, 0.3) is 0 Å². The molecule has 6 rings (SSSR count). The highest BCUT2D eigenvalue weighted by Gasteiger charge is 2.75. The van der Waals surface area contributed by atoms with Crippen LogP contribution in [-0.2, 0) is 4.74 Å². The number of aliphatic hydroxyl groups is 3. The fourth-order valence-electron chi connectivity index (χ4n) is 11.7. The van der Waals surface area contributed by atoms with Crippen molar-refractivity contribution >= 4 is 0 Å². The molecule has 0 aromatic heterocycles. The van der Waals surface area contributed by atoms with Crippen molar-refractivity contribution < 1.29 is 20.1 Å². The largest absolute Gasteiger partial charge is 0.392 e. The topological polar surface area (TPSA) is 69.9 Å². The molecule has 4 saturated carbocycles. The average molecular weight is 473 g/mol. The standard InChI is InChI=1S/C30H48O4/c1-16(2)18-12-21-24-29(7)9-8-17-23(28(29,6)10-11-30(18,24)15-34-21)19(31)13-22-26(3,4)25(33)20(32)14-27(17,22)5/h8,16,18-25,31-33H,9-15H2,1-7H3/t18-,19-,20+,21?,22?,23-,24?,25-,27+,28-,29+,30+/m0/s1. The van der Waals surface area contributed by atoms with Gasteiger partial charge in [0.25, 0.3) is 0 Å². The molecular weight excluding hydrogens is 424 g/mol. The van der Waals surface area contributed by atoms with E-state index >= 15 is 0 Å². The van der Waals surface area contributed by atoms with Crippen molar-refractivity contribution in [2.75, 3.05) is 6.61 Å². The van der Waals surface area contributed by atoms with Crippen LogP contribution in [-0.4, -0.2) is 46.3 Å². The lowest BCUT2D eigenvalue weighted by atomic mass is 9.35. The van der Waals surface area contributed by atoms with E-state index in [1.165, 1.54) is 18.4 Å². The number of fused-ring (bicyclic) bond motifs is 5. The maximum Gasteiger partial charge on any atom is 0.0853 e. The first-order valence-corrected chi connectivity index (χ1v) is 14.1. The molecule has 0 amide bonds. The van der Waals surface area contributed by atoms with Gasteiger partial charge in [-0.2, -0.15) is 0 Å². The number of hydrogen-bond acceptors (Lipinski definition) is 4. The Morgan fingerprint density at radius 2 is 1.65 bits per heavy atom. The molecule has 1 heterocycles. The molecule has 4 heteroatoms. The number of hydrogen-bond donors (Lipinski definition) is 3. The monoisotopic (exact) mass is 472 g/mol.